The highest BCUT2D eigenvalue weighted by molar-refractivity contribution is 5.90. The number of methoxy groups -OCH3 is 1. The largest absolute Gasteiger partial charge is 0.491 e. The van der Waals surface area contributed by atoms with Crippen LogP contribution in [-0.2, 0) is 4.74 Å². The normalized spacial score (nSPS) is 10.2. The summed E-state index contributed by atoms with van der Waals surface area (Å²) < 4.78 is 48.7. The second-order valence-electron chi connectivity index (χ2n) is 3.20. The van der Waals surface area contributed by atoms with Crippen molar-refractivity contribution in [1.82, 2.24) is 0 Å². The van der Waals surface area contributed by atoms with E-state index >= 15 is 0 Å². The van der Waals surface area contributed by atoms with E-state index in [-0.39, 0.29) is 6.61 Å². The minimum Gasteiger partial charge on any atom is -0.491 e. The summed E-state index contributed by atoms with van der Waals surface area (Å²) >= 11 is 0. The van der Waals surface area contributed by atoms with Gasteiger partial charge >= 0.3 is 5.97 Å². The molecule has 0 fully saturated rings. The number of hydrogen-bond donors (Lipinski definition) is 0. The fourth-order valence-electron chi connectivity index (χ4n) is 1.18. The molecule has 0 aliphatic heterocycles. The number of esters is 1. The summed E-state index contributed by atoms with van der Waals surface area (Å²) in [5, 5.41) is 0. The van der Waals surface area contributed by atoms with E-state index in [9.17, 15) is 18.0 Å². The molecule has 0 aliphatic rings. The van der Waals surface area contributed by atoms with Crippen molar-refractivity contribution < 1.29 is 27.4 Å². The summed E-state index contributed by atoms with van der Waals surface area (Å²) in [6.45, 7) is 1.81. The van der Waals surface area contributed by atoms with Crippen LogP contribution in [0.1, 0.15) is 23.7 Å². The van der Waals surface area contributed by atoms with Crippen LogP contribution in [0.3, 0.4) is 0 Å². The van der Waals surface area contributed by atoms with Gasteiger partial charge in [0.15, 0.2) is 17.4 Å². The van der Waals surface area contributed by atoms with Gasteiger partial charge in [0.2, 0.25) is 5.82 Å². The molecule has 0 radical (unpaired) electrons. The summed E-state index contributed by atoms with van der Waals surface area (Å²) in [5.41, 5.74) is -0.686. The lowest BCUT2D eigenvalue weighted by Gasteiger charge is -2.09. The van der Waals surface area contributed by atoms with Crippen LogP contribution in [0.15, 0.2) is 6.07 Å². The molecule has 6 heteroatoms. The Morgan fingerprint density at radius 1 is 1.29 bits per heavy atom. The zero-order chi connectivity index (χ0) is 13.0. The van der Waals surface area contributed by atoms with Crippen molar-refractivity contribution in [3.8, 4) is 5.75 Å². The third-order valence-electron chi connectivity index (χ3n) is 1.98. The summed E-state index contributed by atoms with van der Waals surface area (Å²) in [6, 6.07) is 0.450. The third kappa shape index (κ3) is 2.69. The molecule has 0 unspecified atom stereocenters. The van der Waals surface area contributed by atoms with E-state index in [1.807, 2.05) is 0 Å². The maximum Gasteiger partial charge on any atom is 0.341 e. The Balaban J connectivity index is 3.17. The average molecular weight is 248 g/mol. The number of halogens is 3. The van der Waals surface area contributed by atoms with Crippen LogP contribution in [0.2, 0.25) is 0 Å². The number of hydrogen-bond acceptors (Lipinski definition) is 3. The highest BCUT2D eigenvalue weighted by Crippen LogP contribution is 2.27. The highest BCUT2D eigenvalue weighted by atomic mass is 19.2. The molecule has 3 nitrogen and oxygen atoms in total. The summed E-state index contributed by atoms with van der Waals surface area (Å²) in [6.07, 6.45) is 0.536. The van der Waals surface area contributed by atoms with Gasteiger partial charge < -0.3 is 9.47 Å². The van der Waals surface area contributed by atoms with Gasteiger partial charge in [-0.3, -0.25) is 0 Å². The van der Waals surface area contributed by atoms with Gasteiger partial charge in [-0.15, -0.1) is 0 Å². The first kappa shape index (κ1) is 13.3. The topological polar surface area (TPSA) is 35.5 Å². The summed E-state index contributed by atoms with van der Waals surface area (Å²) in [4.78, 5) is 11.3. The van der Waals surface area contributed by atoms with E-state index in [0.29, 0.717) is 12.5 Å². The smallest absolute Gasteiger partial charge is 0.341 e. The molecular formula is C11H11F3O3. The van der Waals surface area contributed by atoms with Gasteiger partial charge in [-0.2, -0.15) is 4.39 Å². The lowest BCUT2D eigenvalue weighted by Crippen LogP contribution is -2.11. The van der Waals surface area contributed by atoms with E-state index < -0.39 is 34.7 Å². The van der Waals surface area contributed by atoms with Crippen LogP contribution >= 0.6 is 0 Å². The Bertz CT molecular complexity index is 432. The lowest BCUT2D eigenvalue weighted by molar-refractivity contribution is 0.0498. The molecular weight excluding hydrogens is 237 g/mol. The van der Waals surface area contributed by atoms with Crippen molar-refractivity contribution in [3.63, 3.8) is 0 Å². The van der Waals surface area contributed by atoms with E-state index in [0.717, 1.165) is 7.11 Å². The number of carbonyl (C=O) groups is 1. The molecule has 0 atom stereocenters. The van der Waals surface area contributed by atoms with Gasteiger partial charge in [0.1, 0.15) is 5.56 Å². The first-order chi connectivity index (χ1) is 8.02. The van der Waals surface area contributed by atoms with E-state index in [1.54, 1.807) is 6.92 Å². The molecule has 0 amide bonds. The van der Waals surface area contributed by atoms with Gasteiger partial charge in [-0.1, -0.05) is 6.92 Å². The van der Waals surface area contributed by atoms with Gasteiger partial charge in [0, 0.05) is 0 Å². The number of ether oxygens (including phenoxy) is 2. The van der Waals surface area contributed by atoms with E-state index in [4.69, 9.17) is 0 Å². The molecule has 0 aromatic heterocycles. The summed E-state index contributed by atoms with van der Waals surface area (Å²) in [5.74, 6) is -6.11. The van der Waals surface area contributed by atoms with Crippen molar-refractivity contribution in [2.24, 2.45) is 0 Å². The van der Waals surface area contributed by atoms with Gasteiger partial charge in [-0.25, -0.2) is 13.6 Å². The van der Waals surface area contributed by atoms with Gasteiger partial charge in [-0.05, 0) is 12.5 Å². The molecule has 0 saturated carbocycles. The standard InChI is InChI=1S/C11H11F3O3/c1-3-4-17-11(15)6-5-7(12)9(14)10(16-2)8(6)13/h5H,3-4H2,1-2H3. The van der Waals surface area contributed by atoms with Crippen molar-refractivity contribution >= 4 is 5.97 Å². The molecule has 1 aromatic carbocycles. The zero-order valence-electron chi connectivity index (χ0n) is 9.35. The third-order valence-corrected chi connectivity index (χ3v) is 1.98. The highest BCUT2D eigenvalue weighted by Gasteiger charge is 2.24. The zero-order valence-corrected chi connectivity index (χ0v) is 9.35. The first-order valence-electron chi connectivity index (χ1n) is 4.91. The van der Waals surface area contributed by atoms with Gasteiger partial charge in [0.05, 0.1) is 13.7 Å². The first-order valence-corrected chi connectivity index (χ1v) is 4.91. The van der Waals surface area contributed by atoms with E-state index in [2.05, 4.69) is 9.47 Å². The average Bonchev–Trinajstić information content (AvgIpc) is 2.31. The van der Waals surface area contributed by atoms with Crippen LogP contribution in [0.5, 0.6) is 5.75 Å². The monoisotopic (exact) mass is 248 g/mol. The second-order valence-corrected chi connectivity index (χ2v) is 3.20. The maximum absolute atomic E-state index is 13.6. The molecule has 1 aromatic rings. The molecule has 0 bridgehead atoms. The molecule has 0 spiro atoms. The Labute approximate surface area is 96.1 Å². The number of benzene rings is 1. The van der Waals surface area contributed by atoms with Crippen LogP contribution in [-0.4, -0.2) is 19.7 Å². The van der Waals surface area contributed by atoms with Crippen molar-refractivity contribution in [1.29, 1.82) is 0 Å². The van der Waals surface area contributed by atoms with E-state index in [1.165, 1.54) is 0 Å². The van der Waals surface area contributed by atoms with Crippen molar-refractivity contribution in [2.75, 3.05) is 13.7 Å². The molecule has 94 valence electrons. The van der Waals surface area contributed by atoms with Crippen molar-refractivity contribution in [3.05, 3.63) is 29.1 Å². The van der Waals surface area contributed by atoms with Crippen LogP contribution in [0.25, 0.3) is 0 Å². The van der Waals surface area contributed by atoms with Crippen molar-refractivity contribution in [2.45, 2.75) is 13.3 Å². The predicted octanol–water partition coefficient (Wildman–Crippen LogP) is 2.68. The quantitative estimate of drug-likeness (QED) is 0.607. The maximum atomic E-state index is 13.6. The molecule has 0 aliphatic carbocycles. The SMILES string of the molecule is CCCOC(=O)c1cc(F)c(F)c(OC)c1F. The molecule has 1 rings (SSSR count). The minimum atomic E-state index is -1.47. The molecule has 0 saturated heterocycles. The fraction of sp³-hybridized carbons (Fsp3) is 0.364. The molecule has 0 heterocycles. The predicted molar refractivity (Wildman–Crippen MR) is 53.4 cm³/mol. The van der Waals surface area contributed by atoms with Crippen LogP contribution in [0.4, 0.5) is 13.2 Å². The number of carbonyl (C=O) groups excluding carboxylic acids is 1. The second kappa shape index (κ2) is 5.56. The van der Waals surface area contributed by atoms with Gasteiger partial charge in [0.25, 0.3) is 0 Å². The molecule has 17 heavy (non-hydrogen) atoms. The Kier molecular flexibility index (Phi) is 4.37. The van der Waals surface area contributed by atoms with Crippen LogP contribution in [0, 0.1) is 17.5 Å². The summed E-state index contributed by atoms with van der Waals surface area (Å²) in [7, 11) is 0.974. The number of rotatable bonds is 4. The lowest BCUT2D eigenvalue weighted by atomic mass is 10.2. The molecule has 0 N–H and O–H groups in total. The Morgan fingerprint density at radius 3 is 2.47 bits per heavy atom. The minimum absolute atomic E-state index is 0.0690. The Morgan fingerprint density at radius 2 is 1.94 bits per heavy atom. The fourth-order valence-corrected chi connectivity index (χ4v) is 1.18. The van der Waals surface area contributed by atoms with Crippen LogP contribution < -0.4 is 4.74 Å². The Hall–Kier alpha value is -1.72.